The van der Waals surface area contributed by atoms with E-state index in [9.17, 15) is 4.79 Å². The lowest BCUT2D eigenvalue weighted by atomic mass is 10.1. The summed E-state index contributed by atoms with van der Waals surface area (Å²) in [5, 5.41) is 16.9. The number of amides is 1. The van der Waals surface area contributed by atoms with Crippen LogP contribution in [0.3, 0.4) is 0 Å². The molecule has 1 aromatic carbocycles. The molecule has 0 aliphatic carbocycles. The highest BCUT2D eigenvalue weighted by Crippen LogP contribution is 2.29. The van der Waals surface area contributed by atoms with Crippen molar-refractivity contribution in [3.05, 3.63) is 47.5 Å². The Morgan fingerprint density at radius 2 is 1.97 bits per heavy atom. The van der Waals surface area contributed by atoms with Gasteiger partial charge in [-0.3, -0.25) is 15.1 Å². The zero-order chi connectivity index (χ0) is 21.0. The highest BCUT2D eigenvalue weighted by Gasteiger charge is 2.35. The van der Waals surface area contributed by atoms with Crippen LogP contribution in [0.2, 0.25) is 0 Å². The number of nitrogens with one attached hydrogen (secondary N) is 4. The summed E-state index contributed by atoms with van der Waals surface area (Å²) in [7, 11) is 0. The van der Waals surface area contributed by atoms with Gasteiger partial charge < -0.3 is 26.6 Å². The molecule has 0 aromatic heterocycles. The molecule has 1 amide bonds. The maximum absolute atomic E-state index is 12.6. The van der Waals surface area contributed by atoms with Crippen LogP contribution in [0.4, 0.5) is 5.69 Å². The van der Waals surface area contributed by atoms with Gasteiger partial charge in [0.2, 0.25) is 0 Å². The van der Waals surface area contributed by atoms with Crippen molar-refractivity contribution in [2.75, 3.05) is 24.5 Å². The molecule has 1 aromatic rings. The summed E-state index contributed by atoms with van der Waals surface area (Å²) in [6.07, 6.45) is 3.39. The van der Waals surface area contributed by atoms with Crippen LogP contribution in [0.25, 0.3) is 5.70 Å². The molecule has 3 rings (SSSR count). The summed E-state index contributed by atoms with van der Waals surface area (Å²) in [5.41, 5.74) is 9.45. The number of nitrogens with zero attached hydrogens (tertiary/aromatic N) is 2. The smallest absolute Gasteiger partial charge is 0.254 e. The first kappa shape index (κ1) is 20.6. The van der Waals surface area contributed by atoms with E-state index in [-0.39, 0.29) is 17.9 Å². The van der Waals surface area contributed by atoms with E-state index in [1.807, 2.05) is 13.1 Å². The second-order valence-corrected chi connectivity index (χ2v) is 7.23. The fraction of sp³-hybridized carbons (Fsp3) is 0.429. The van der Waals surface area contributed by atoms with Crippen LogP contribution < -0.4 is 26.6 Å². The number of allylic oxidation sites excluding steroid dienone is 1. The molecule has 1 saturated heterocycles. The first-order valence-electron chi connectivity index (χ1n) is 10.2. The summed E-state index contributed by atoms with van der Waals surface area (Å²) in [4.78, 5) is 16.6. The van der Waals surface area contributed by atoms with Crippen molar-refractivity contribution < 1.29 is 4.79 Å². The van der Waals surface area contributed by atoms with Crippen LogP contribution in [0.1, 0.15) is 39.2 Å². The molecule has 6 N–H and O–H groups in total. The minimum atomic E-state index is -0.252. The number of carbonyl (C=O) groups is 1. The third kappa shape index (κ3) is 4.47. The Bertz CT molecular complexity index is 824. The number of carbonyl (C=O) groups excluding carboxylic acids is 1. The molecular weight excluding hydrogens is 366 g/mol. The zero-order valence-electron chi connectivity index (χ0n) is 17.4. The highest BCUT2D eigenvalue weighted by atomic mass is 16.2. The van der Waals surface area contributed by atoms with Gasteiger partial charge in [-0.25, -0.2) is 0 Å². The van der Waals surface area contributed by atoms with Crippen molar-refractivity contribution in [3.8, 4) is 0 Å². The molecule has 2 aliphatic heterocycles. The number of anilines is 1. The SMILES string of the molecule is CCN(CC)c1ccc(C2=CN3C(=O)C(C)NC3=C(CCCNC(=N)N)N2)cc1. The lowest BCUT2D eigenvalue weighted by molar-refractivity contribution is -0.125. The standard InChI is InChI=1S/C21H31N7O/c1-4-27(5-2)16-10-8-15(9-11-16)18-13-28-19(25-14(3)20(28)29)17(26-18)7-6-12-24-21(22)23/h8-11,13-14,25-26H,4-7,12H2,1-3H3,(H4,22,23,24). The predicted molar refractivity (Wildman–Crippen MR) is 117 cm³/mol. The average molecular weight is 398 g/mol. The minimum absolute atomic E-state index is 0.0300. The summed E-state index contributed by atoms with van der Waals surface area (Å²) in [6.45, 7) is 8.70. The normalized spacial score (nSPS) is 18.0. The molecule has 0 spiro atoms. The third-order valence-corrected chi connectivity index (χ3v) is 5.26. The van der Waals surface area contributed by atoms with E-state index in [4.69, 9.17) is 11.1 Å². The summed E-state index contributed by atoms with van der Waals surface area (Å²) in [6, 6.07) is 8.16. The molecule has 0 radical (unpaired) electrons. The molecule has 8 nitrogen and oxygen atoms in total. The van der Waals surface area contributed by atoms with Gasteiger partial charge in [-0.15, -0.1) is 0 Å². The fourth-order valence-electron chi connectivity index (χ4n) is 3.66. The number of hydrogen-bond acceptors (Lipinski definition) is 5. The second kappa shape index (κ2) is 8.89. The minimum Gasteiger partial charge on any atom is -0.372 e. The van der Waals surface area contributed by atoms with Gasteiger partial charge in [0.1, 0.15) is 11.9 Å². The second-order valence-electron chi connectivity index (χ2n) is 7.23. The third-order valence-electron chi connectivity index (χ3n) is 5.26. The molecule has 0 bridgehead atoms. The molecule has 8 heteroatoms. The van der Waals surface area contributed by atoms with Crippen LogP contribution in [0.15, 0.2) is 42.0 Å². The summed E-state index contributed by atoms with van der Waals surface area (Å²) < 4.78 is 0. The van der Waals surface area contributed by atoms with Gasteiger partial charge in [0.15, 0.2) is 5.96 Å². The van der Waals surface area contributed by atoms with E-state index in [1.54, 1.807) is 4.90 Å². The topological polar surface area (TPSA) is 110 Å². The van der Waals surface area contributed by atoms with Gasteiger partial charge in [-0.05, 0) is 51.3 Å². The van der Waals surface area contributed by atoms with E-state index in [2.05, 4.69) is 59.0 Å². The van der Waals surface area contributed by atoms with Crippen molar-refractivity contribution in [2.45, 2.75) is 39.7 Å². The van der Waals surface area contributed by atoms with Crippen molar-refractivity contribution in [2.24, 2.45) is 5.73 Å². The fourth-order valence-corrected chi connectivity index (χ4v) is 3.66. The molecule has 2 heterocycles. The Morgan fingerprint density at radius 1 is 1.28 bits per heavy atom. The van der Waals surface area contributed by atoms with Crippen molar-refractivity contribution in [3.63, 3.8) is 0 Å². The number of guanidine groups is 1. The first-order chi connectivity index (χ1) is 13.9. The summed E-state index contributed by atoms with van der Waals surface area (Å²) in [5.74, 6) is 0.824. The van der Waals surface area contributed by atoms with Crippen LogP contribution in [-0.4, -0.2) is 42.4 Å². The van der Waals surface area contributed by atoms with Gasteiger partial charge in [-0.1, -0.05) is 12.1 Å². The van der Waals surface area contributed by atoms with E-state index in [0.717, 1.165) is 48.7 Å². The summed E-state index contributed by atoms with van der Waals surface area (Å²) >= 11 is 0. The van der Waals surface area contributed by atoms with Gasteiger partial charge in [0, 0.05) is 31.5 Å². The van der Waals surface area contributed by atoms with Crippen molar-refractivity contribution >= 4 is 23.3 Å². The number of hydrogen-bond donors (Lipinski definition) is 5. The average Bonchev–Trinajstić information content (AvgIpc) is 3.01. The first-order valence-corrected chi connectivity index (χ1v) is 10.2. The molecule has 1 fully saturated rings. The van der Waals surface area contributed by atoms with Crippen LogP contribution >= 0.6 is 0 Å². The van der Waals surface area contributed by atoms with Crippen LogP contribution in [0.5, 0.6) is 0 Å². The van der Waals surface area contributed by atoms with Crippen molar-refractivity contribution in [1.29, 1.82) is 5.41 Å². The molecule has 1 unspecified atom stereocenters. The monoisotopic (exact) mass is 397 g/mol. The quantitative estimate of drug-likeness (QED) is 0.259. The van der Waals surface area contributed by atoms with E-state index < -0.39 is 0 Å². The Hall–Kier alpha value is -3.16. The number of fused-ring (bicyclic) bond motifs is 1. The molecule has 29 heavy (non-hydrogen) atoms. The number of benzene rings is 1. The van der Waals surface area contributed by atoms with Gasteiger partial charge >= 0.3 is 0 Å². The zero-order valence-corrected chi connectivity index (χ0v) is 17.4. The Kier molecular flexibility index (Phi) is 6.31. The number of nitrogens with two attached hydrogens (primary N) is 1. The molecule has 0 saturated carbocycles. The van der Waals surface area contributed by atoms with Gasteiger partial charge in [-0.2, -0.15) is 0 Å². The lowest BCUT2D eigenvalue weighted by Crippen LogP contribution is -2.33. The van der Waals surface area contributed by atoms with E-state index >= 15 is 0 Å². The van der Waals surface area contributed by atoms with Crippen LogP contribution in [-0.2, 0) is 4.79 Å². The number of rotatable bonds is 8. The lowest BCUT2D eigenvalue weighted by Gasteiger charge is -2.27. The Balaban J connectivity index is 1.80. The maximum Gasteiger partial charge on any atom is 0.254 e. The van der Waals surface area contributed by atoms with Crippen molar-refractivity contribution in [1.82, 2.24) is 20.9 Å². The Morgan fingerprint density at radius 3 is 2.59 bits per heavy atom. The molecule has 1 atom stereocenters. The van der Waals surface area contributed by atoms with Gasteiger partial charge in [0.05, 0.1) is 11.4 Å². The van der Waals surface area contributed by atoms with E-state index in [1.165, 1.54) is 5.69 Å². The van der Waals surface area contributed by atoms with Crippen LogP contribution in [0, 0.1) is 5.41 Å². The highest BCUT2D eigenvalue weighted by molar-refractivity contribution is 5.89. The predicted octanol–water partition coefficient (Wildman–Crippen LogP) is 1.69. The van der Waals surface area contributed by atoms with E-state index in [0.29, 0.717) is 6.54 Å². The maximum atomic E-state index is 12.6. The molecular formula is C21H31N7O. The molecule has 156 valence electrons. The Labute approximate surface area is 172 Å². The molecule has 2 aliphatic rings. The largest absolute Gasteiger partial charge is 0.372 e. The van der Waals surface area contributed by atoms with Gasteiger partial charge in [0.25, 0.3) is 5.91 Å².